The van der Waals surface area contributed by atoms with Crippen molar-refractivity contribution >= 4 is 10.9 Å². The average Bonchev–Trinajstić information content (AvgIpc) is 3.12. The summed E-state index contributed by atoms with van der Waals surface area (Å²) in [6.07, 6.45) is 3.40. The van der Waals surface area contributed by atoms with Gasteiger partial charge in [0.1, 0.15) is 11.6 Å². The van der Waals surface area contributed by atoms with Crippen molar-refractivity contribution in [2.24, 2.45) is 0 Å². The van der Waals surface area contributed by atoms with Crippen LogP contribution in [0.5, 0.6) is 0 Å². The average molecular weight is 325 g/mol. The molecule has 0 saturated heterocycles. The summed E-state index contributed by atoms with van der Waals surface area (Å²) in [7, 11) is 0. The summed E-state index contributed by atoms with van der Waals surface area (Å²) in [6, 6.07) is 11.4. The topological polar surface area (TPSA) is 60.1 Å². The number of furan rings is 1. The number of aromatic nitrogens is 2. The highest BCUT2D eigenvalue weighted by Crippen LogP contribution is 2.18. The van der Waals surface area contributed by atoms with Gasteiger partial charge in [-0.05, 0) is 37.1 Å². The minimum atomic E-state index is -0.000967. The normalized spacial score (nSPS) is 12.6. The minimum Gasteiger partial charge on any atom is -0.468 e. The lowest BCUT2D eigenvalue weighted by atomic mass is 10.1. The number of rotatable bonds is 7. The third-order valence-corrected chi connectivity index (χ3v) is 4.16. The van der Waals surface area contributed by atoms with Crippen molar-refractivity contribution in [3.05, 3.63) is 64.6 Å². The van der Waals surface area contributed by atoms with Gasteiger partial charge in [-0.15, -0.1) is 0 Å². The lowest BCUT2D eigenvalue weighted by Crippen LogP contribution is -2.32. The van der Waals surface area contributed by atoms with Gasteiger partial charge in [-0.3, -0.25) is 9.36 Å². The molecule has 5 nitrogen and oxygen atoms in total. The second-order valence-electron chi connectivity index (χ2n) is 5.87. The van der Waals surface area contributed by atoms with Crippen LogP contribution in [0.1, 0.15) is 44.3 Å². The Morgan fingerprint density at radius 2 is 2.04 bits per heavy atom. The maximum absolute atomic E-state index is 12.9. The quantitative estimate of drug-likeness (QED) is 0.720. The van der Waals surface area contributed by atoms with E-state index in [0.717, 1.165) is 29.9 Å². The molecule has 3 aromatic rings. The van der Waals surface area contributed by atoms with E-state index in [1.807, 2.05) is 41.0 Å². The molecule has 126 valence electrons. The fourth-order valence-electron chi connectivity index (χ4n) is 2.95. The SMILES string of the molecule is CCCn1c([C@H](CC)NCc2ccco2)nc2ccccc2c1=O. The van der Waals surface area contributed by atoms with Gasteiger partial charge < -0.3 is 9.73 Å². The van der Waals surface area contributed by atoms with Gasteiger partial charge in [-0.25, -0.2) is 4.98 Å². The lowest BCUT2D eigenvalue weighted by molar-refractivity contribution is 0.417. The van der Waals surface area contributed by atoms with Gasteiger partial charge in [0.25, 0.3) is 5.56 Å². The number of para-hydroxylation sites is 1. The Hall–Kier alpha value is -2.40. The largest absolute Gasteiger partial charge is 0.468 e. The van der Waals surface area contributed by atoms with Gasteiger partial charge in [0.05, 0.1) is 29.8 Å². The molecular formula is C19H23N3O2. The summed E-state index contributed by atoms with van der Waals surface area (Å²) < 4.78 is 7.20. The molecule has 2 heterocycles. The van der Waals surface area contributed by atoms with E-state index < -0.39 is 0 Å². The van der Waals surface area contributed by atoms with E-state index >= 15 is 0 Å². The number of nitrogens with one attached hydrogen (secondary N) is 1. The third-order valence-electron chi connectivity index (χ3n) is 4.16. The van der Waals surface area contributed by atoms with Gasteiger partial charge in [-0.1, -0.05) is 26.0 Å². The van der Waals surface area contributed by atoms with Crippen molar-refractivity contribution < 1.29 is 4.42 Å². The second-order valence-corrected chi connectivity index (χ2v) is 5.87. The predicted molar refractivity (Wildman–Crippen MR) is 94.9 cm³/mol. The first-order valence-electron chi connectivity index (χ1n) is 8.49. The first kappa shape index (κ1) is 16.5. The molecule has 24 heavy (non-hydrogen) atoms. The van der Waals surface area contributed by atoms with Crippen LogP contribution in [0, 0.1) is 0 Å². The van der Waals surface area contributed by atoms with E-state index in [2.05, 4.69) is 19.2 Å². The molecule has 3 rings (SSSR count). The molecule has 0 radical (unpaired) electrons. The van der Waals surface area contributed by atoms with Crippen molar-refractivity contribution in [3.63, 3.8) is 0 Å². The highest BCUT2D eigenvalue weighted by molar-refractivity contribution is 5.77. The Kier molecular flexibility index (Phi) is 5.11. The maximum atomic E-state index is 12.9. The molecule has 1 atom stereocenters. The predicted octanol–water partition coefficient (Wildman–Crippen LogP) is 3.64. The number of hydrogen-bond donors (Lipinski definition) is 1. The van der Waals surface area contributed by atoms with Crippen LogP contribution in [0.2, 0.25) is 0 Å². The zero-order valence-corrected chi connectivity index (χ0v) is 14.2. The van der Waals surface area contributed by atoms with Gasteiger partial charge in [0.15, 0.2) is 0 Å². The minimum absolute atomic E-state index is 0.000967. The molecule has 1 N–H and O–H groups in total. The van der Waals surface area contributed by atoms with Gasteiger partial charge in [0, 0.05) is 6.54 Å². The molecule has 0 unspecified atom stereocenters. The molecule has 0 fully saturated rings. The van der Waals surface area contributed by atoms with Crippen molar-refractivity contribution in [1.82, 2.24) is 14.9 Å². The van der Waals surface area contributed by atoms with Crippen LogP contribution in [0.25, 0.3) is 10.9 Å². The molecule has 2 aromatic heterocycles. The Morgan fingerprint density at radius 1 is 1.21 bits per heavy atom. The molecular weight excluding hydrogens is 302 g/mol. The van der Waals surface area contributed by atoms with E-state index in [1.165, 1.54) is 0 Å². The molecule has 0 aliphatic rings. The van der Waals surface area contributed by atoms with E-state index in [9.17, 15) is 4.79 Å². The zero-order chi connectivity index (χ0) is 16.9. The van der Waals surface area contributed by atoms with Gasteiger partial charge in [-0.2, -0.15) is 0 Å². The first-order valence-corrected chi connectivity index (χ1v) is 8.49. The van der Waals surface area contributed by atoms with Crippen molar-refractivity contribution in [3.8, 4) is 0 Å². The molecule has 0 spiro atoms. The van der Waals surface area contributed by atoms with E-state index in [0.29, 0.717) is 18.5 Å². The number of benzene rings is 1. The fourth-order valence-corrected chi connectivity index (χ4v) is 2.95. The summed E-state index contributed by atoms with van der Waals surface area (Å²) in [5.41, 5.74) is 0.791. The van der Waals surface area contributed by atoms with E-state index in [1.54, 1.807) is 6.26 Å². The van der Waals surface area contributed by atoms with Crippen LogP contribution in [0.3, 0.4) is 0 Å². The second kappa shape index (κ2) is 7.45. The summed E-state index contributed by atoms with van der Waals surface area (Å²) in [5.74, 6) is 1.67. The summed E-state index contributed by atoms with van der Waals surface area (Å²) in [4.78, 5) is 17.7. The van der Waals surface area contributed by atoms with E-state index in [-0.39, 0.29) is 11.6 Å². The van der Waals surface area contributed by atoms with Crippen molar-refractivity contribution in [2.45, 2.75) is 45.8 Å². The van der Waals surface area contributed by atoms with Crippen LogP contribution in [0.4, 0.5) is 0 Å². The lowest BCUT2D eigenvalue weighted by Gasteiger charge is -2.21. The Morgan fingerprint density at radius 3 is 2.75 bits per heavy atom. The fraction of sp³-hybridized carbons (Fsp3) is 0.368. The smallest absolute Gasteiger partial charge is 0.261 e. The number of nitrogens with zero attached hydrogens (tertiary/aromatic N) is 2. The molecule has 5 heteroatoms. The Labute approximate surface area is 141 Å². The van der Waals surface area contributed by atoms with Crippen molar-refractivity contribution in [1.29, 1.82) is 0 Å². The third kappa shape index (κ3) is 3.26. The van der Waals surface area contributed by atoms with Crippen LogP contribution in [-0.4, -0.2) is 9.55 Å². The van der Waals surface area contributed by atoms with Crippen LogP contribution in [-0.2, 0) is 13.1 Å². The summed E-state index contributed by atoms with van der Waals surface area (Å²) in [5, 5.41) is 4.14. The number of hydrogen-bond acceptors (Lipinski definition) is 4. The summed E-state index contributed by atoms with van der Waals surface area (Å²) in [6.45, 7) is 5.45. The van der Waals surface area contributed by atoms with Gasteiger partial charge in [0.2, 0.25) is 0 Å². The Balaban J connectivity index is 2.01. The van der Waals surface area contributed by atoms with Crippen LogP contribution < -0.4 is 10.9 Å². The molecule has 0 aliphatic carbocycles. The summed E-state index contributed by atoms with van der Waals surface area (Å²) >= 11 is 0. The molecule has 0 saturated carbocycles. The number of fused-ring (bicyclic) bond motifs is 1. The molecule has 1 aromatic carbocycles. The van der Waals surface area contributed by atoms with Crippen molar-refractivity contribution in [2.75, 3.05) is 0 Å². The Bertz CT molecular complexity index is 853. The van der Waals surface area contributed by atoms with E-state index in [4.69, 9.17) is 9.40 Å². The zero-order valence-electron chi connectivity index (χ0n) is 14.2. The molecule has 0 amide bonds. The molecule has 0 aliphatic heterocycles. The van der Waals surface area contributed by atoms with Crippen LogP contribution >= 0.6 is 0 Å². The monoisotopic (exact) mass is 325 g/mol. The van der Waals surface area contributed by atoms with Gasteiger partial charge >= 0.3 is 0 Å². The first-order chi connectivity index (χ1) is 11.7. The standard InChI is InChI=1S/C19H23N3O2/c1-3-11-22-18(16(4-2)20-13-14-8-7-12-24-14)21-17-10-6-5-9-15(17)19(22)23/h5-10,12,16,20H,3-4,11,13H2,1-2H3/t16-/m0/s1. The van der Waals surface area contributed by atoms with Crippen LogP contribution in [0.15, 0.2) is 51.9 Å². The maximum Gasteiger partial charge on any atom is 0.261 e. The highest BCUT2D eigenvalue weighted by Gasteiger charge is 2.18. The highest BCUT2D eigenvalue weighted by atomic mass is 16.3. The molecule has 0 bridgehead atoms.